The van der Waals surface area contributed by atoms with Crippen molar-refractivity contribution >= 4 is 11.8 Å². The minimum atomic E-state index is -0.854. The summed E-state index contributed by atoms with van der Waals surface area (Å²) in [7, 11) is 3.16. The summed E-state index contributed by atoms with van der Waals surface area (Å²) in [6.07, 6.45) is 0. The van der Waals surface area contributed by atoms with Crippen molar-refractivity contribution < 1.29 is 19.1 Å². The molecule has 34 heavy (non-hydrogen) atoms. The lowest BCUT2D eigenvalue weighted by atomic mass is 9.78. The Balaban J connectivity index is 1.66. The van der Waals surface area contributed by atoms with E-state index in [-0.39, 0.29) is 17.7 Å². The van der Waals surface area contributed by atoms with Crippen molar-refractivity contribution in [2.24, 2.45) is 5.92 Å². The Kier molecular flexibility index (Phi) is 5.02. The summed E-state index contributed by atoms with van der Waals surface area (Å²) in [5.41, 5.74) is 3.17. The Morgan fingerprint density at radius 2 is 1.79 bits per heavy atom. The van der Waals surface area contributed by atoms with Crippen molar-refractivity contribution in [2.75, 3.05) is 14.2 Å². The van der Waals surface area contributed by atoms with E-state index in [1.54, 1.807) is 44.6 Å². The van der Waals surface area contributed by atoms with Gasteiger partial charge in [-0.25, -0.2) is 0 Å². The van der Waals surface area contributed by atoms with Gasteiger partial charge in [-0.2, -0.15) is 5.26 Å². The highest BCUT2D eigenvalue weighted by Gasteiger charge is 2.57. The molecule has 170 valence electrons. The number of hydrogen-bond acceptors (Lipinski definition) is 5. The van der Waals surface area contributed by atoms with Crippen LogP contribution < -0.4 is 20.1 Å². The van der Waals surface area contributed by atoms with E-state index in [2.05, 4.69) is 16.7 Å². The van der Waals surface area contributed by atoms with E-state index < -0.39 is 11.6 Å². The maximum absolute atomic E-state index is 13.2. The molecule has 5 rings (SSSR count). The van der Waals surface area contributed by atoms with Crippen LogP contribution in [-0.2, 0) is 5.54 Å². The Hall–Kier alpha value is -4.31. The van der Waals surface area contributed by atoms with E-state index in [0.29, 0.717) is 28.2 Å². The fraction of sp³-hybridized carbons (Fsp3) is 0.222. The van der Waals surface area contributed by atoms with Gasteiger partial charge in [0.2, 0.25) is 0 Å². The first-order valence-corrected chi connectivity index (χ1v) is 10.9. The molecule has 1 aliphatic heterocycles. The van der Waals surface area contributed by atoms with E-state index in [4.69, 9.17) is 14.7 Å². The second kappa shape index (κ2) is 7.92. The molecule has 0 saturated heterocycles. The molecule has 3 atom stereocenters. The van der Waals surface area contributed by atoms with Crippen LogP contribution in [0.15, 0.2) is 60.7 Å². The molecule has 0 radical (unpaired) electrons. The topological polar surface area (TPSA) is 100 Å². The van der Waals surface area contributed by atoms with Gasteiger partial charge in [-0.1, -0.05) is 25.1 Å². The van der Waals surface area contributed by atoms with Crippen LogP contribution in [-0.4, -0.2) is 26.0 Å². The first kappa shape index (κ1) is 21.5. The van der Waals surface area contributed by atoms with E-state index in [1.165, 1.54) is 0 Å². The molecule has 0 saturated carbocycles. The molecule has 3 aromatic carbocycles. The van der Waals surface area contributed by atoms with Gasteiger partial charge in [-0.15, -0.1) is 0 Å². The number of rotatable bonds is 4. The zero-order valence-electron chi connectivity index (χ0n) is 19.0. The van der Waals surface area contributed by atoms with Gasteiger partial charge in [0.05, 0.1) is 37.4 Å². The number of nitrogens with one attached hydrogen (secondary N) is 2. The lowest BCUT2D eigenvalue weighted by Gasteiger charge is -2.33. The summed E-state index contributed by atoms with van der Waals surface area (Å²) in [6.45, 7) is 2.01. The van der Waals surface area contributed by atoms with Crippen molar-refractivity contribution in [3.05, 3.63) is 94.0 Å². The lowest BCUT2D eigenvalue weighted by molar-refractivity contribution is 0.0895. The molecule has 7 heteroatoms. The summed E-state index contributed by atoms with van der Waals surface area (Å²) in [5, 5.41) is 15.4. The van der Waals surface area contributed by atoms with Crippen LogP contribution in [0, 0.1) is 17.2 Å². The van der Waals surface area contributed by atoms with Gasteiger partial charge in [-0.3, -0.25) is 9.59 Å². The molecule has 1 spiro atoms. The Labute approximate surface area is 197 Å². The van der Waals surface area contributed by atoms with Crippen molar-refractivity contribution in [1.29, 1.82) is 5.26 Å². The van der Waals surface area contributed by atoms with Crippen molar-refractivity contribution in [2.45, 2.75) is 18.5 Å². The number of benzene rings is 3. The molecule has 0 bridgehead atoms. The lowest BCUT2D eigenvalue weighted by Crippen LogP contribution is -2.46. The number of hydrogen-bond donors (Lipinski definition) is 2. The molecule has 3 aromatic rings. The van der Waals surface area contributed by atoms with Crippen LogP contribution in [0.2, 0.25) is 0 Å². The third kappa shape index (κ3) is 2.96. The van der Waals surface area contributed by atoms with Crippen LogP contribution >= 0.6 is 0 Å². The molecule has 0 aromatic heterocycles. The van der Waals surface area contributed by atoms with Gasteiger partial charge in [0.25, 0.3) is 11.8 Å². The number of methoxy groups -OCH3 is 2. The van der Waals surface area contributed by atoms with Gasteiger partial charge >= 0.3 is 0 Å². The summed E-state index contributed by atoms with van der Waals surface area (Å²) >= 11 is 0. The zero-order chi connectivity index (χ0) is 24.0. The number of nitrogens with zero attached hydrogens (tertiary/aromatic N) is 1. The highest BCUT2D eigenvalue weighted by molar-refractivity contribution is 6.01. The molecule has 1 aliphatic carbocycles. The fourth-order valence-electron chi connectivity index (χ4n) is 5.31. The van der Waals surface area contributed by atoms with Crippen molar-refractivity contribution in [3.63, 3.8) is 0 Å². The van der Waals surface area contributed by atoms with E-state index in [1.807, 2.05) is 37.3 Å². The SMILES string of the molecule is COc1cc(OC)c2c(c1)[C@]1(NC(=O)c3ccccc31)[C@H](C)[C@H]2NC(=O)c1ccc(C#N)cc1. The third-order valence-electron chi connectivity index (χ3n) is 6.96. The highest BCUT2D eigenvalue weighted by Crippen LogP contribution is 2.57. The molecule has 1 heterocycles. The maximum atomic E-state index is 13.2. The summed E-state index contributed by atoms with van der Waals surface area (Å²) in [4.78, 5) is 26.3. The molecule has 2 aliphatic rings. The molecular formula is C27H23N3O4. The Bertz CT molecular complexity index is 1360. The van der Waals surface area contributed by atoms with Crippen LogP contribution in [0.4, 0.5) is 0 Å². The monoisotopic (exact) mass is 453 g/mol. The van der Waals surface area contributed by atoms with Gasteiger partial charge in [0.1, 0.15) is 11.5 Å². The third-order valence-corrected chi connectivity index (χ3v) is 6.96. The second-order valence-electron chi connectivity index (χ2n) is 8.53. The highest BCUT2D eigenvalue weighted by atomic mass is 16.5. The predicted octanol–water partition coefficient (Wildman–Crippen LogP) is 3.68. The molecule has 2 amide bonds. The van der Waals surface area contributed by atoms with Crippen LogP contribution in [0.25, 0.3) is 0 Å². The number of carbonyl (C=O) groups is 2. The molecule has 7 nitrogen and oxygen atoms in total. The van der Waals surface area contributed by atoms with Gasteiger partial charge < -0.3 is 20.1 Å². The second-order valence-corrected chi connectivity index (χ2v) is 8.53. The summed E-state index contributed by atoms with van der Waals surface area (Å²) in [5.74, 6) is 0.495. The van der Waals surface area contributed by atoms with Crippen LogP contribution in [0.1, 0.15) is 55.9 Å². The average molecular weight is 453 g/mol. The number of ether oxygens (including phenoxy) is 2. The zero-order valence-corrected chi connectivity index (χ0v) is 19.0. The number of fused-ring (bicyclic) bond motifs is 4. The first-order chi connectivity index (χ1) is 16.4. The first-order valence-electron chi connectivity index (χ1n) is 10.9. The molecular weight excluding hydrogens is 430 g/mol. The summed E-state index contributed by atoms with van der Waals surface area (Å²) in [6, 6.07) is 19.3. The van der Waals surface area contributed by atoms with Crippen LogP contribution in [0.5, 0.6) is 11.5 Å². The van der Waals surface area contributed by atoms with Gasteiger partial charge in [0, 0.05) is 28.7 Å². The Morgan fingerprint density at radius 1 is 1.06 bits per heavy atom. The standard InChI is InChI=1S/C27H23N3O4/c1-15-24(29-25(31)17-10-8-16(14-28)9-11-17)23-21(12-18(33-2)13-22(23)34-3)27(15)20-7-5-4-6-19(20)26(32)30-27/h4-13,15,24H,1-3H3,(H,29,31)(H,30,32)/t15-,24-,27+/m1/s1. The number of carbonyl (C=O) groups excluding carboxylic acids is 2. The van der Waals surface area contributed by atoms with Crippen molar-refractivity contribution in [3.8, 4) is 17.6 Å². The van der Waals surface area contributed by atoms with Crippen molar-refractivity contribution in [1.82, 2.24) is 10.6 Å². The summed E-state index contributed by atoms with van der Waals surface area (Å²) < 4.78 is 11.3. The minimum absolute atomic E-state index is 0.158. The largest absolute Gasteiger partial charge is 0.497 e. The number of nitriles is 1. The van der Waals surface area contributed by atoms with E-state index in [0.717, 1.165) is 16.7 Å². The van der Waals surface area contributed by atoms with Crippen LogP contribution in [0.3, 0.4) is 0 Å². The molecule has 0 fully saturated rings. The Morgan fingerprint density at radius 3 is 2.47 bits per heavy atom. The normalized spacial score (nSPS) is 21.9. The van der Waals surface area contributed by atoms with Gasteiger partial charge in [-0.05, 0) is 47.5 Å². The number of amides is 2. The fourth-order valence-corrected chi connectivity index (χ4v) is 5.31. The molecule has 0 unspecified atom stereocenters. The van der Waals surface area contributed by atoms with E-state index in [9.17, 15) is 9.59 Å². The van der Waals surface area contributed by atoms with E-state index >= 15 is 0 Å². The maximum Gasteiger partial charge on any atom is 0.252 e. The average Bonchev–Trinajstić information content (AvgIpc) is 3.30. The minimum Gasteiger partial charge on any atom is -0.497 e. The van der Waals surface area contributed by atoms with Gasteiger partial charge in [0.15, 0.2) is 0 Å². The molecule has 2 N–H and O–H groups in total. The predicted molar refractivity (Wildman–Crippen MR) is 125 cm³/mol. The quantitative estimate of drug-likeness (QED) is 0.628. The smallest absolute Gasteiger partial charge is 0.252 e.